The third-order valence-corrected chi connectivity index (χ3v) is 9.86. The van der Waals surface area contributed by atoms with Gasteiger partial charge in [-0.2, -0.15) is 0 Å². The van der Waals surface area contributed by atoms with E-state index in [1.54, 1.807) is 0 Å². The van der Waals surface area contributed by atoms with Crippen molar-refractivity contribution in [1.82, 2.24) is 0 Å². The lowest BCUT2D eigenvalue weighted by Crippen LogP contribution is -2.31. The number of nitrogens with one attached hydrogen (secondary N) is 3. The molecule has 0 aliphatic heterocycles. The smallest absolute Gasteiger partial charge is 0.221 e. The molecule has 6 rings (SSSR count). The maximum atomic E-state index is 12.3. The second kappa shape index (κ2) is 8.87. The Kier molecular flexibility index (Phi) is 6.14. The predicted molar refractivity (Wildman–Crippen MR) is 147 cm³/mol. The molecule has 2 unspecified atom stereocenters. The van der Waals surface area contributed by atoms with Crippen molar-refractivity contribution < 1.29 is 14.4 Å². The number of halogens is 3. The van der Waals surface area contributed by atoms with Gasteiger partial charge in [0.2, 0.25) is 17.7 Å². The predicted octanol–water partition coefficient (Wildman–Crippen LogP) is 6.84. The Bertz CT molecular complexity index is 1470. The largest absolute Gasteiger partial charge is 0.325 e. The summed E-state index contributed by atoms with van der Waals surface area (Å²) in [4.78, 5) is 36.6. The van der Waals surface area contributed by atoms with Crippen molar-refractivity contribution in [2.75, 3.05) is 16.0 Å². The molecule has 3 amide bonds. The molecule has 0 heterocycles. The molecule has 9 heteroatoms. The molecule has 0 saturated carbocycles. The van der Waals surface area contributed by atoms with E-state index in [-0.39, 0.29) is 29.6 Å². The van der Waals surface area contributed by atoms with Gasteiger partial charge in [-0.05, 0) is 87.2 Å². The fourth-order valence-corrected chi connectivity index (χ4v) is 7.18. The van der Waals surface area contributed by atoms with Gasteiger partial charge in [0.25, 0.3) is 0 Å². The Morgan fingerprint density at radius 2 is 1.17 bits per heavy atom. The third-order valence-electron chi connectivity index (χ3n) is 6.39. The van der Waals surface area contributed by atoms with E-state index in [1.165, 1.54) is 26.3 Å². The minimum absolute atomic E-state index is 0.147. The van der Waals surface area contributed by atoms with E-state index >= 15 is 0 Å². The van der Waals surface area contributed by atoms with Gasteiger partial charge >= 0.3 is 0 Å². The molecule has 3 aromatic carbocycles. The number of anilines is 3. The molecule has 3 N–H and O–H groups in total. The van der Waals surface area contributed by atoms with E-state index in [9.17, 15) is 14.4 Å². The van der Waals surface area contributed by atoms with Gasteiger partial charge in [0, 0.05) is 41.6 Å². The summed E-state index contributed by atoms with van der Waals surface area (Å²) in [5.41, 5.74) is 8.01. The van der Waals surface area contributed by atoms with Crippen LogP contribution < -0.4 is 16.0 Å². The maximum Gasteiger partial charge on any atom is 0.221 e. The normalized spacial score (nSPS) is 16.6. The highest BCUT2D eigenvalue weighted by atomic mass is 79.9. The van der Waals surface area contributed by atoms with E-state index in [4.69, 9.17) is 0 Å². The zero-order valence-corrected chi connectivity index (χ0v) is 23.7. The van der Waals surface area contributed by atoms with Crippen LogP contribution in [0.4, 0.5) is 17.1 Å². The lowest BCUT2D eigenvalue weighted by molar-refractivity contribution is -0.115. The molecule has 2 atom stereocenters. The number of benzene rings is 3. The molecule has 0 aromatic heterocycles. The van der Waals surface area contributed by atoms with Gasteiger partial charge in [-0.25, -0.2) is 0 Å². The van der Waals surface area contributed by atoms with Crippen molar-refractivity contribution in [2.45, 2.75) is 32.6 Å². The number of hydrogen-bond donors (Lipinski definition) is 3. The highest BCUT2D eigenvalue weighted by molar-refractivity contribution is 9.14. The molecule has 178 valence electrons. The van der Waals surface area contributed by atoms with Gasteiger partial charge in [0.05, 0.1) is 21.5 Å². The summed E-state index contributed by atoms with van der Waals surface area (Å²) in [6, 6.07) is 12.1. The third kappa shape index (κ3) is 3.75. The molecule has 6 nitrogen and oxygen atoms in total. The molecule has 0 fully saturated rings. The first kappa shape index (κ1) is 24.2. The monoisotopic (exact) mass is 659 g/mol. The average Bonchev–Trinajstić information content (AvgIpc) is 2.80. The Morgan fingerprint density at radius 3 is 1.77 bits per heavy atom. The van der Waals surface area contributed by atoms with E-state index in [0.29, 0.717) is 17.1 Å². The maximum absolute atomic E-state index is 12.3. The Labute approximate surface area is 227 Å². The standard InChI is InChI=1S/C26H20Br3N3O3/c1-10(33)30-16-9-8-15-17-13-6-4-5-7-14(13)18(19(15)25(16)31-11(2)34)21-20(17)22(27)23(28)24(29)26(21)32-12(3)35/h4-9,17-18H,1-3H3,(H,30,33)(H,31,34)(H,32,35). The number of carbonyl (C=O) groups is 3. The first-order chi connectivity index (χ1) is 16.6. The average molecular weight is 662 g/mol. The summed E-state index contributed by atoms with van der Waals surface area (Å²) >= 11 is 11.2. The van der Waals surface area contributed by atoms with Gasteiger partial charge in [-0.1, -0.05) is 30.3 Å². The summed E-state index contributed by atoms with van der Waals surface area (Å²) in [7, 11) is 0. The summed E-state index contributed by atoms with van der Waals surface area (Å²) in [6.07, 6.45) is 0. The summed E-state index contributed by atoms with van der Waals surface area (Å²) in [5, 5.41) is 8.88. The van der Waals surface area contributed by atoms with Gasteiger partial charge in [0.15, 0.2) is 0 Å². The van der Waals surface area contributed by atoms with Crippen LogP contribution >= 0.6 is 47.8 Å². The number of hydrogen-bond acceptors (Lipinski definition) is 3. The van der Waals surface area contributed by atoms with Crippen LogP contribution in [0.1, 0.15) is 66.0 Å². The first-order valence-electron chi connectivity index (χ1n) is 10.9. The van der Waals surface area contributed by atoms with E-state index in [2.05, 4.69) is 75.9 Å². The van der Waals surface area contributed by atoms with Crippen molar-refractivity contribution in [2.24, 2.45) is 0 Å². The highest BCUT2D eigenvalue weighted by Gasteiger charge is 2.46. The van der Waals surface area contributed by atoms with Crippen LogP contribution in [0.5, 0.6) is 0 Å². The van der Waals surface area contributed by atoms with Crippen LogP contribution in [0.2, 0.25) is 0 Å². The van der Waals surface area contributed by atoms with Crippen molar-refractivity contribution in [1.29, 1.82) is 0 Å². The lowest BCUT2D eigenvalue weighted by Gasteiger charge is -2.45. The SMILES string of the molecule is CC(=O)Nc1ccc2c(c1NC(C)=O)C1c3ccccc3C2c2c(Br)c(Br)c(Br)c(NC(C)=O)c21. The molecule has 3 aliphatic carbocycles. The molecule has 35 heavy (non-hydrogen) atoms. The van der Waals surface area contributed by atoms with Gasteiger partial charge in [-0.3, -0.25) is 14.4 Å². The Balaban J connectivity index is 1.92. The van der Waals surface area contributed by atoms with Crippen LogP contribution in [0.3, 0.4) is 0 Å². The van der Waals surface area contributed by atoms with Crippen LogP contribution in [-0.2, 0) is 14.4 Å². The Morgan fingerprint density at radius 1 is 0.600 bits per heavy atom. The second-order valence-corrected chi connectivity index (χ2v) is 11.1. The first-order valence-corrected chi connectivity index (χ1v) is 13.3. The molecule has 0 saturated heterocycles. The number of amides is 3. The molecule has 3 aromatic rings. The number of rotatable bonds is 3. The Hall–Kier alpha value is -2.49. The highest BCUT2D eigenvalue weighted by Crippen LogP contribution is 2.63. The van der Waals surface area contributed by atoms with E-state index < -0.39 is 0 Å². The van der Waals surface area contributed by atoms with Crippen molar-refractivity contribution in [3.05, 3.63) is 83.2 Å². The molecule has 2 bridgehead atoms. The van der Waals surface area contributed by atoms with Crippen molar-refractivity contribution in [3.63, 3.8) is 0 Å². The molecular formula is C26H20Br3N3O3. The zero-order chi connectivity index (χ0) is 25.2. The summed E-state index contributed by atoms with van der Waals surface area (Å²) < 4.78 is 2.43. The fourth-order valence-electron chi connectivity index (χ4n) is 5.35. The second-order valence-electron chi connectivity index (χ2n) is 8.67. The van der Waals surface area contributed by atoms with E-state index in [0.717, 1.165) is 41.2 Å². The minimum atomic E-state index is -0.292. The summed E-state index contributed by atoms with van der Waals surface area (Å²) in [5.74, 6) is -1.09. The molecule has 0 radical (unpaired) electrons. The minimum Gasteiger partial charge on any atom is -0.325 e. The summed E-state index contributed by atoms with van der Waals surface area (Å²) in [6.45, 7) is 4.37. The topological polar surface area (TPSA) is 87.3 Å². The van der Waals surface area contributed by atoms with Crippen LogP contribution in [0, 0.1) is 0 Å². The fraction of sp³-hybridized carbons (Fsp3) is 0.192. The number of carbonyl (C=O) groups excluding carboxylic acids is 3. The lowest BCUT2D eigenvalue weighted by atomic mass is 9.60. The van der Waals surface area contributed by atoms with Gasteiger partial charge in [-0.15, -0.1) is 0 Å². The van der Waals surface area contributed by atoms with Gasteiger partial charge < -0.3 is 16.0 Å². The molecule has 0 spiro atoms. The van der Waals surface area contributed by atoms with Crippen LogP contribution in [0.25, 0.3) is 0 Å². The van der Waals surface area contributed by atoms with E-state index in [1.807, 2.05) is 24.3 Å². The zero-order valence-electron chi connectivity index (χ0n) is 19.0. The quantitative estimate of drug-likeness (QED) is 0.185. The van der Waals surface area contributed by atoms with Gasteiger partial charge in [0.1, 0.15) is 0 Å². The van der Waals surface area contributed by atoms with Crippen molar-refractivity contribution >= 4 is 82.6 Å². The molecule has 3 aliphatic rings. The van der Waals surface area contributed by atoms with Crippen LogP contribution in [0.15, 0.2) is 49.8 Å². The van der Waals surface area contributed by atoms with Crippen LogP contribution in [-0.4, -0.2) is 17.7 Å². The molecular weight excluding hydrogens is 642 g/mol. The van der Waals surface area contributed by atoms with Crippen molar-refractivity contribution in [3.8, 4) is 0 Å².